The van der Waals surface area contributed by atoms with Gasteiger partial charge in [0.15, 0.2) is 0 Å². The highest BCUT2D eigenvalue weighted by Gasteiger charge is 2.24. The largest absolute Gasteiger partial charge is 0.313 e. The average molecular weight is 298 g/mol. The van der Waals surface area contributed by atoms with Crippen molar-refractivity contribution in [3.63, 3.8) is 0 Å². The molecule has 2 rings (SSSR count). The Balaban J connectivity index is 2.07. The number of halogens is 2. The molecular formula is C17H25ClFN. The summed E-state index contributed by atoms with van der Waals surface area (Å²) in [5.74, 6) is 0.400. The lowest BCUT2D eigenvalue weighted by atomic mass is 9.81. The number of nitrogens with one attached hydrogen (secondary N) is 1. The number of hydrogen-bond acceptors (Lipinski definition) is 1. The van der Waals surface area contributed by atoms with Gasteiger partial charge < -0.3 is 5.32 Å². The predicted octanol–water partition coefficient (Wildman–Crippen LogP) is 4.97. The summed E-state index contributed by atoms with van der Waals surface area (Å²) >= 11 is 6.11. The minimum atomic E-state index is -0.304. The lowest BCUT2D eigenvalue weighted by Gasteiger charge is -2.31. The normalized spacial score (nSPS) is 18.1. The number of rotatable bonds is 6. The molecule has 1 aromatic rings. The van der Waals surface area contributed by atoms with Crippen molar-refractivity contribution in [1.82, 2.24) is 5.32 Å². The molecule has 1 saturated carbocycles. The van der Waals surface area contributed by atoms with Crippen molar-refractivity contribution in [2.45, 2.75) is 57.9 Å². The van der Waals surface area contributed by atoms with Crippen molar-refractivity contribution in [3.05, 3.63) is 34.6 Å². The summed E-state index contributed by atoms with van der Waals surface area (Å²) in [5.41, 5.74) is 0.936. The Bertz CT molecular complexity index is 415. The fourth-order valence-electron chi connectivity index (χ4n) is 3.21. The summed E-state index contributed by atoms with van der Waals surface area (Å²) in [6, 6.07) is 5.57. The van der Waals surface area contributed by atoms with Crippen molar-refractivity contribution < 1.29 is 4.39 Å². The molecule has 0 saturated heterocycles. The van der Waals surface area contributed by atoms with Crippen LogP contribution in [0.4, 0.5) is 4.39 Å². The van der Waals surface area contributed by atoms with E-state index in [1.165, 1.54) is 38.2 Å². The predicted molar refractivity (Wildman–Crippen MR) is 83.8 cm³/mol. The first-order valence-corrected chi connectivity index (χ1v) is 8.26. The molecule has 1 aliphatic rings. The van der Waals surface area contributed by atoms with E-state index in [0.29, 0.717) is 17.0 Å². The maximum Gasteiger partial charge on any atom is 0.142 e. The Kier molecular flexibility index (Phi) is 6.31. The highest BCUT2D eigenvalue weighted by Crippen LogP contribution is 2.30. The Morgan fingerprint density at radius 1 is 1.30 bits per heavy atom. The molecule has 0 amide bonds. The standard InChI is InChI=1S/C17H25ClFN/c1-2-11-20-16(13-7-4-3-5-8-13)12-14-9-6-10-15(19)17(14)18/h6,9-10,13,16,20H,2-5,7-8,11-12H2,1H3. The van der Waals surface area contributed by atoms with Crippen LogP contribution in [0.5, 0.6) is 0 Å². The molecule has 1 N–H and O–H groups in total. The third-order valence-corrected chi connectivity index (χ3v) is 4.77. The van der Waals surface area contributed by atoms with E-state index in [-0.39, 0.29) is 5.82 Å². The van der Waals surface area contributed by atoms with Gasteiger partial charge in [-0.1, -0.05) is 49.9 Å². The van der Waals surface area contributed by atoms with Crippen LogP contribution in [0.3, 0.4) is 0 Å². The third kappa shape index (κ3) is 4.20. The van der Waals surface area contributed by atoms with E-state index in [4.69, 9.17) is 11.6 Å². The van der Waals surface area contributed by atoms with Gasteiger partial charge >= 0.3 is 0 Å². The molecule has 1 fully saturated rings. The van der Waals surface area contributed by atoms with Gasteiger partial charge in [0.2, 0.25) is 0 Å². The number of hydrogen-bond donors (Lipinski definition) is 1. The van der Waals surface area contributed by atoms with E-state index < -0.39 is 0 Å². The van der Waals surface area contributed by atoms with Gasteiger partial charge in [-0.3, -0.25) is 0 Å². The second kappa shape index (κ2) is 7.99. The van der Waals surface area contributed by atoms with Gasteiger partial charge in [-0.05, 0) is 49.8 Å². The van der Waals surface area contributed by atoms with Gasteiger partial charge in [-0.25, -0.2) is 4.39 Å². The summed E-state index contributed by atoms with van der Waals surface area (Å²) in [4.78, 5) is 0. The fraction of sp³-hybridized carbons (Fsp3) is 0.647. The Hall–Kier alpha value is -0.600. The first kappa shape index (κ1) is 15.8. The van der Waals surface area contributed by atoms with E-state index >= 15 is 0 Å². The van der Waals surface area contributed by atoms with E-state index in [1.807, 2.05) is 6.07 Å². The van der Waals surface area contributed by atoms with Crippen LogP contribution < -0.4 is 5.32 Å². The summed E-state index contributed by atoms with van der Waals surface area (Å²) in [7, 11) is 0. The molecule has 0 radical (unpaired) electrons. The molecule has 0 bridgehead atoms. The van der Waals surface area contributed by atoms with Crippen molar-refractivity contribution >= 4 is 11.6 Å². The minimum Gasteiger partial charge on any atom is -0.313 e. The van der Waals surface area contributed by atoms with Crippen LogP contribution in [-0.2, 0) is 6.42 Å². The van der Waals surface area contributed by atoms with Crippen molar-refractivity contribution in [2.75, 3.05) is 6.54 Å². The minimum absolute atomic E-state index is 0.298. The van der Waals surface area contributed by atoms with Crippen LogP contribution in [0.1, 0.15) is 51.0 Å². The monoisotopic (exact) mass is 297 g/mol. The molecule has 0 spiro atoms. The van der Waals surface area contributed by atoms with Crippen molar-refractivity contribution in [3.8, 4) is 0 Å². The maximum atomic E-state index is 13.6. The zero-order valence-electron chi connectivity index (χ0n) is 12.3. The molecule has 20 heavy (non-hydrogen) atoms. The average Bonchev–Trinajstić information content (AvgIpc) is 2.48. The second-order valence-corrected chi connectivity index (χ2v) is 6.25. The zero-order valence-corrected chi connectivity index (χ0v) is 13.1. The molecule has 1 nitrogen and oxygen atoms in total. The quantitative estimate of drug-likeness (QED) is 0.781. The van der Waals surface area contributed by atoms with Crippen molar-refractivity contribution in [1.29, 1.82) is 0 Å². The van der Waals surface area contributed by atoms with E-state index in [9.17, 15) is 4.39 Å². The van der Waals surface area contributed by atoms with Crippen molar-refractivity contribution in [2.24, 2.45) is 5.92 Å². The van der Waals surface area contributed by atoms with Crippen LogP contribution in [-0.4, -0.2) is 12.6 Å². The van der Waals surface area contributed by atoms with Crippen LogP contribution >= 0.6 is 11.6 Å². The molecule has 112 valence electrons. The Morgan fingerprint density at radius 3 is 2.75 bits per heavy atom. The van der Waals surface area contributed by atoms with Gasteiger partial charge in [0.05, 0.1) is 5.02 Å². The summed E-state index contributed by atoms with van der Waals surface area (Å²) in [5, 5.41) is 3.95. The smallest absolute Gasteiger partial charge is 0.142 e. The van der Waals surface area contributed by atoms with Gasteiger partial charge in [-0.2, -0.15) is 0 Å². The van der Waals surface area contributed by atoms with Crippen LogP contribution in [0.15, 0.2) is 18.2 Å². The molecular weight excluding hydrogens is 273 g/mol. The molecule has 1 aliphatic carbocycles. The second-order valence-electron chi connectivity index (χ2n) is 5.88. The van der Waals surface area contributed by atoms with Gasteiger partial charge in [0, 0.05) is 6.04 Å². The summed E-state index contributed by atoms with van der Waals surface area (Å²) in [6.45, 7) is 3.20. The maximum absolute atomic E-state index is 13.6. The lowest BCUT2D eigenvalue weighted by molar-refractivity contribution is 0.267. The topological polar surface area (TPSA) is 12.0 Å². The molecule has 3 heteroatoms. The van der Waals surface area contributed by atoms with E-state index in [0.717, 1.165) is 24.9 Å². The first-order valence-electron chi connectivity index (χ1n) is 7.88. The molecule has 0 aromatic heterocycles. The van der Waals surface area contributed by atoms with E-state index in [2.05, 4.69) is 12.2 Å². The highest BCUT2D eigenvalue weighted by molar-refractivity contribution is 6.31. The van der Waals surface area contributed by atoms with Gasteiger partial charge in [0.25, 0.3) is 0 Å². The Labute approximate surface area is 126 Å². The lowest BCUT2D eigenvalue weighted by Crippen LogP contribution is -2.39. The van der Waals surface area contributed by atoms with E-state index in [1.54, 1.807) is 6.07 Å². The third-order valence-electron chi connectivity index (χ3n) is 4.35. The zero-order chi connectivity index (χ0) is 14.4. The Morgan fingerprint density at radius 2 is 2.05 bits per heavy atom. The van der Waals surface area contributed by atoms with Gasteiger partial charge in [0.1, 0.15) is 5.82 Å². The molecule has 0 heterocycles. The fourth-order valence-corrected chi connectivity index (χ4v) is 3.42. The summed E-state index contributed by atoms with van der Waals surface area (Å²) < 4.78 is 13.6. The van der Waals surface area contributed by atoms with Crippen LogP contribution in [0, 0.1) is 11.7 Å². The molecule has 1 unspecified atom stereocenters. The molecule has 1 aromatic carbocycles. The SMILES string of the molecule is CCCNC(Cc1cccc(F)c1Cl)C1CCCCC1. The van der Waals surface area contributed by atoms with Gasteiger partial charge in [-0.15, -0.1) is 0 Å². The highest BCUT2D eigenvalue weighted by atomic mass is 35.5. The summed E-state index contributed by atoms with van der Waals surface area (Å²) in [6.07, 6.45) is 8.54. The molecule has 1 atom stereocenters. The number of benzene rings is 1. The van der Waals surface area contributed by atoms with Crippen LogP contribution in [0.2, 0.25) is 5.02 Å². The van der Waals surface area contributed by atoms with Crippen LogP contribution in [0.25, 0.3) is 0 Å². The first-order chi connectivity index (χ1) is 9.72. The molecule has 0 aliphatic heterocycles.